The predicted molar refractivity (Wildman–Crippen MR) is 166 cm³/mol. The van der Waals surface area contributed by atoms with Crippen LogP contribution in [-0.2, 0) is 40.4 Å². The van der Waals surface area contributed by atoms with Crippen LogP contribution in [0.5, 0.6) is 0 Å². The molecule has 5 rings (SSSR count). The standard InChI is InChI=1S/C34H40F3N3O3S/c1-23(2)17-18-38-22-24-13-16-30-26(19-24)8-5-11-31(30)39-33(41)21-28-15-14-25-7-3-4-12-32(25)40(28)44(42,43)29-10-6-9-27(20-29)34(35,36)37/h3-4,6-7,9-10,12-13,16,19-20,23,28,31,38H,5,8,11,14-15,17-18,21-22H2,1-2H3,(H,39,41)/t28-,31-/m1/s1. The summed E-state index contributed by atoms with van der Waals surface area (Å²) in [6, 6.07) is 16.2. The van der Waals surface area contributed by atoms with Crippen molar-refractivity contribution < 1.29 is 26.4 Å². The zero-order chi connectivity index (χ0) is 31.5. The van der Waals surface area contributed by atoms with Crippen LogP contribution in [0.4, 0.5) is 18.9 Å². The highest BCUT2D eigenvalue weighted by Crippen LogP contribution is 2.38. The van der Waals surface area contributed by atoms with E-state index in [0.29, 0.717) is 30.5 Å². The van der Waals surface area contributed by atoms with Crippen molar-refractivity contribution in [3.05, 3.63) is 94.5 Å². The van der Waals surface area contributed by atoms with Gasteiger partial charge in [0.15, 0.2) is 0 Å². The number of anilines is 1. The van der Waals surface area contributed by atoms with E-state index in [-0.39, 0.29) is 18.4 Å². The van der Waals surface area contributed by atoms with Gasteiger partial charge in [-0.25, -0.2) is 8.42 Å². The molecule has 3 aromatic rings. The lowest BCUT2D eigenvalue weighted by Gasteiger charge is -2.38. The number of nitrogens with one attached hydrogen (secondary N) is 2. The summed E-state index contributed by atoms with van der Waals surface area (Å²) in [7, 11) is -4.41. The van der Waals surface area contributed by atoms with Crippen molar-refractivity contribution in [1.29, 1.82) is 0 Å². The molecule has 1 aliphatic carbocycles. The Hall–Kier alpha value is -3.37. The Morgan fingerprint density at radius 3 is 2.55 bits per heavy atom. The van der Waals surface area contributed by atoms with Gasteiger partial charge in [-0.1, -0.05) is 56.3 Å². The number of rotatable bonds is 10. The fraction of sp³-hybridized carbons (Fsp3) is 0.441. The predicted octanol–water partition coefficient (Wildman–Crippen LogP) is 6.94. The summed E-state index contributed by atoms with van der Waals surface area (Å²) in [6.45, 7) is 6.15. The quantitative estimate of drug-likeness (QED) is 0.239. The van der Waals surface area contributed by atoms with Crippen LogP contribution in [0.1, 0.15) is 79.8 Å². The number of amides is 1. The van der Waals surface area contributed by atoms with Gasteiger partial charge in [-0.05, 0) is 97.5 Å². The van der Waals surface area contributed by atoms with Crippen molar-refractivity contribution in [2.24, 2.45) is 5.92 Å². The Balaban J connectivity index is 1.34. The first-order valence-electron chi connectivity index (χ1n) is 15.3. The minimum Gasteiger partial charge on any atom is -0.349 e. The van der Waals surface area contributed by atoms with E-state index in [1.54, 1.807) is 18.2 Å². The lowest BCUT2D eigenvalue weighted by Crippen LogP contribution is -2.46. The van der Waals surface area contributed by atoms with E-state index in [2.05, 4.69) is 42.7 Å². The molecule has 1 heterocycles. The Morgan fingerprint density at radius 2 is 1.77 bits per heavy atom. The van der Waals surface area contributed by atoms with Crippen LogP contribution in [0.25, 0.3) is 0 Å². The second kappa shape index (κ2) is 13.3. The number of alkyl halides is 3. The molecule has 2 aliphatic rings. The summed E-state index contributed by atoms with van der Waals surface area (Å²) in [6.07, 6.45) is -0.101. The number of aryl methyl sites for hydroxylation is 2. The normalized spacial score (nSPS) is 18.5. The van der Waals surface area contributed by atoms with Gasteiger partial charge in [0.2, 0.25) is 5.91 Å². The van der Waals surface area contributed by atoms with E-state index in [0.717, 1.165) is 66.3 Å². The molecule has 0 aromatic heterocycles. The van der Waals surface area contributed by atoms with E-state index < -0.39 is 32.7 Å². The van der Waals surface area contributed by atoms with Crippen molar-refractivity contribution in [3.8, 4) is 0 Å². The first-order chi connectivity index (χ1) is 20.9. The molecule has 44 heavy (non-hydrogen) atoms. The van der Waals surface area contributed by atoms with Gasteiger partial charge in [0, 0.05) is 13.0 Å². The Kier molecular flexibility index (Phi) is 9.70. The van der Waals surface area contributed by atoms with Gasteiger partial charge in [0.05, 0.1) is 28.2 Å². The molecule has 2 N–H and O–H groups in total. The molecule has 0 fully saturated rings. The number of carbonyl (C=O) groups is 1. The zero-order valence-corrected chi connectivity index (χ0v) is 26.0. The number of nitrogens with zero attached hydrogens (tertiary/aromatic N) is 1. The van der Waals surface area contributed by atoms with E-state index in [4.69, 9.17) is 0 Å². The Labute approximate surface area is 258 Å². The average Bonchev–Trinajstić information content (AvgIpc) is 2.98. The zero-order valence-electron chi connectivity index (χ0n) is 25.2. The van der Waals surface area contributed by atoms with Gasteiger partial charge in [0.25, 0.3) is 10.0 Å². The van der Waals surface area contributed by atoms with Crippen LogP contribution in [0.15, 0.2) is 71.6 Å². The highest BCUT2D eigenvalue weighted by atomic mass is 32.2. The number of hydrogen-bond acceptors (Lipinski definition) is 4. The maximum atomic E-state index is 14.0. The highest BCUT2D eigenvalue weighted by Gasteiger charge is 2.39. The molecular formula is C34H40F3N3O3S. The summed E-state index contributed by atoms with van der Waals surface area (Å²) < 4.78 is 69.5. The summed E-state index contributed by atoms with van der Waals surface area (Å²) in [5, 5.41) is 6.64. The number of benzene rings is 3. The van der Waals surface area contributed by atoms with Gasteiger partial charge < -0.3 is 10.6 Å². The van der Waals surface area contributed by atoms with Gasteiger partial charge in [-0.3, -0.25) is 9.10 Å². The van der Waals surface area contributed by atoms with Gasteiger partial charge in [-0.2, -0.15) is 13.2 Å². The van der Waals surface area contributed by atoms with E-state index in [1.807, 2.05) is 6.07 Å². The topological polar surface area (TPSA) is 78.5 Å². The number of para-hydroxylation sites is 1. The number of halogens is 3. The Bertz CT molecular complexity index is 1590. The van der Waals surface area contributed by atoms with E-state index in [9.17, 15) is 26.4 Å². The van der Waals surface area contributed by atoms with Crippen molar-refractivity contribution in [2.45, 2.75) is 88.5 Å². The molecule has 0 radical (unpaired) electrons. The maximum absolute atomic E-state index is 14.0. The molecule has 6 nitrogen and oxygen atoms in total. The second-order valence-corrected chi connectivity index (χ2v) is 14.1. The second-order valence-electron chi connectivity index (χ2n) is 12.3. The third kappa shape index (κ3) is 7.29. The minimum absolute atomic E-state index is 0.101. The first kappa shape index (κ1) is 32.0. The third-order valence-electron chi connectivity index (χ3n) is 8.53. The van der Waals surface area contributed by atoms with Crippen molar-refractivity contribution in [3.63, 3.8) is 0 Å². The molecule has 0 saturated heterocycles. The van der Waals surface area contributed by atoms with Crippen LogP contribution in [0.2, 0.25) is 0 Å². The SMILES string of the molecule is CC(C)CCNCc1ccc2c(c1)CCC[C@H]2NC(=O)C[C@H]1CCc2ccccc2N1S(=O)(=O)c1cccc(C(F)(F)F)c1. The molecule has 0 unspecified atom stereocenters. The summed E-state index contributed by atoms with van der Waals surface area (Å²) in [4.78, 5) is 13.0. The summed E-state index contributed by atoms with van der Waals surface area (Å²) in [5.74, 6) is 0.363. The molecule has 1 amide bonds. The van der Waals surface area contributed by atoms with E-state index in [1.165, 1.54) is 17.2 Å². The Morgan fingerprint density at radius 1 is 0.977 bits per heavy atom. The molecule has 10 heteroatoms. The molecular weight excluding hydrogens is 587 g/mol. The van der Waals surface area contributed by atoms with Crippen LogP contribution in [0, 0.1) is 5.92 Å². The molecule has 236 valence electrons. The third-order valence-corrected chi connectivity index (χ3v) is 10.4. The van der Waals surface area contributed by atoms with Gasteiger partial charge >= 0.3 is 6.18 Å². The first-order valence-corrected chi connectivity index (χ1v) is 16.8. The minimum atomic E-state index is -4.69. The molecule has 0 bridgehead atoms. The number of fused-ring (bicyclic) bond motifs is 2. The van der Waals surface area contributed by atoms with Crippen LogP contribution in [0.3, 0.4) is 0 Å². The molecule has 1 aliphatic heterocycles. The highest BCUT2D eigenvalue weighted by molar-refractivity contribution is 7.92. The van der Waals surface area contributed by atoms with E-state index >= 15 is 0 Å². The average molecular weight is 628 g/mol. The molecule has 0 spiro atoms. The lowest BCUT2D eigenvalue weighted by atomic mass is 9.86. The van der Waals surface area contributed by atoms with Gasteiger partial charge in [0.1, 0.15) is 0 Å². The van der Waals surface area contributed by atoms with Gasteiger partial charge in [-0.15, -0.1) is 0 Å². The molecule has 3 aromatic carbocycles. The molecule has 2 atom stereocenters. The fourth-order valence-electron chi connectivity index (χ4n) is 6.25. The van der Waals surface area contributed by atoms with Crippen molar-refractivity contribution in [1.82, 2.24) is 10.6 Å². The fourth-order valence-corrected chi connectivity index (χ4v) is 8.01. The monoisotopic (exact) mass is 627 g/mol. The van der Waals surface area contributed by atoms with Crippen molar-refractivity contribution in [2.75, 3.05) is 10.8 Å². The van der Waals surface area contributed by atoms with Crippen LogP contribution in [-0.4, -0.2) is 26.9 Å². The number of hydrogen-bond donors (Lipinski definition) is 2. The van der Waals surface area contributed by atoms with Crippen LogP contribution >= 0.6 is 0 Å². The number of carbonyl (C=O) groups excluding carboxylic acids is 1. The summed E-state index contributed by atoms with van der Waals surface area (Å²) in [5.41, 5.74) is 3.63. The lowest BCUT2D eigenvalue weighted by molar-refractivity contribution is -0.137. The van der Waals surface area contributed by atoms with Crippen molar-refractivity contribution >= 4 is 21.6 Å². The smallest absolute Gasteiger partial charge is 0.349 e. The largest absolute Gasteiger partial charge is 0.416 e. The number of sulfonamides is 1. The maximum Gasteiger partial charge on any atom is 0.416 e. The summed E-state index contributed by atoms with van der Waals surface area (Å²) >= 11 is 0. The molecule has 0 saturated carbocycles. The van der Waals surface area contributed by atoms with Crippen LogP contribution < -0.4 is 14.9 Å².